The highest BCUT2D eigenvalue weighted by molar-refractivity contribution is 6.32. The Hall–Kier alpha value is -3.57. The number of anilines is 1. The molecule has 0 unspecified atom stereocenters. The molecule has 3 aromatic rings. The van der Waals surface area contributed by atoms with Gasteiger partial charge in [-0.2, -0.15) is 0 Å². The van der Waals surface area contributed by atoms with E-state index >= 15 is 0 Å². The van der Waals surface area contributed by atoms with E-state index in [0.717, 1.165) is 5.56 Å². The molecule has 0 saturated carbocycles. The molecule has 0 aliphatic carbocycles. The third-order valence-electron chi connectivity index (χ3n) is 4.43. The van der Waals surface area contributed by atoms with Crippen molar-refractivity contribution >= 4 is 35.2 Å². The lowest BCUT2D eigenvalue weighted by Crippen LogP contribution is -2.30. The lowest BCUT2D eigenvalue weighted by molar-refractivity contribution is -0.113. The first kappa shape index (κ1) is 22.1. The summed E-state index contributed by atoms with van der Waals surface area (Å²) in [7, 11) is 0. The Morgan fingerprint density at radius 3 is 2.29 bits per heavy atom. The number of carbonyl (C=O) groups excluding carboxylic acids is 2. The zero-order valence-electron chi connectivity index (χ0n) is 17.3. The third kappa shape index (κ3) is 6.20. The molecule has 6 heteroatoms. The average molecular weight is 435 g/mol. The fourth-order valence-corrected chi connectivity index (χ4v) is 3.00. The summed E-state index contributed by atoms with van der Waals surface area (Å²) in [6.07, 6.45) is 1.55. The molecular weight excluding hydrogens is 412 g/mol. The van der Waals surface area contributed by atoms with Crippen molar-refractivity contribution in [2.24, 2.45) is 0 Å². The molecule has 0 radical (unpaired) electrons. The molecule has 0 aromatic heterocycles. The van der Waals surface area contributed by atoms with Crippen LogP contribution in [0, 0.1) is 6.92 Å². The maximum atomic E-state index is 13.0. The van der Waals surface area contributed by atoms with Gasteiger partial charge in [-0.3, -0.25) is 9.59 Å². The monoisotopic (exact) mass is 434 g/mol. The summed E-state index contributed by atoms with van der Waals surface area (Å²) in [5.74, 6) is -0.148. The zero-order valence-corrected chi connectivity index (χ0v) is 18.1. The molecule has 2 amide bonds. The Labute approximate surface area is 186 Å². The molecule has 158 valence electrons. The van der Waals surface area contributed by atoms with Crippen LogP contribution in [0.3, 0.4) is 0 Å². The van der Waals surface area contributed by atoms with Crippen LogP contribution in [0.15, 0.2) is 78.5 Å². The summed E-state index contributed by atoms with van der Waals surface area (Å²) in [5, 5.41) is 5.97. The molecule has 0 spiro atoms. The molecule has 0 aliphatic heterocycles. The molecule has 2 N–H and O–H groups in total. The lowest BCUT2D eigenvalue weighted by atomic mass is 10.1. The number of amides is 2. The van der Waals surface area contributed by atoms with Gasteiger partial charge in [-0.1, -0.05) is 47.5 Å². The number of rotatable bonds is 7. The van der Waals surface area contributed by atoms with Crippen LogP contribution in [0.1, 0.15) is 28.4 Å². The molecule has 0 fully saturated rings. The van der Waals surface area contributed by atoms with Crippen molar-refractivity contribution in [3.05, 3.63) is 100 Å². The topological polar surface area (TPSA) is 67.4 Å². The van der Waals surface area contributed by atoms with Crippen LogP contribution in [0.4, 0.5) is 5.69 Å². The number of carbonyl (C=O) groups is 2. The summed E-state index contributed by atoms with van der Waals surface area (Å²) >= 11 is 6.25. The van der Waals surface area contributed by atoms with Crippen LogP contribution in [-0.2, 0) is 4.79 Å². The van der Waals surface area contributed by atoms with Crippen LogP contribution >= 0.6 is 11.6 Å². The highest BCUT2D eigenvalue weighted by atomic mass is 35.5. The van der Waals surface area contributed by atoms with Crippen molar-refractivity contribution < 1.29 is 14.3 Å². The second kappa shape index (κ2) is 10.5. The van der Waals surface area contributed by atoms with E-state index in [4.69, 9.17) is 16.3 Å². The SMILES string of the molecule is CCOc1ccc(NC(=O)/C(=C\c2ccccc2Cl)NC(=O)c2ccc(C)cc2)cc1. The van der Waals surface area contributed by atoms with Gasteiger partial charge in [0.1, 0.15) is 11.4 Å². The third-order valence-corrected chi connectivity index (χ3v) is 4.78. The molecule has 3 rings (SSSR count). The van der Waals surface area contributed by atoms with Crippen LogP contribution in [0.5, 0.6) is 5.75 Å². The molecule has 3 aromatic carbocycles. The number of aryl methyl sites for hydroxylation is 1. The van der Waals surface area contributed by atoms with Gasteiger partial charge in [0.2, 0.25) is 0 Å². The molecule has 0 bridgehead atoms. The highest BCUT2D eigenvalue weighted by Gasteiger charge is 2.16. The molecule has 0 atom stereocenters. The van der Waals surface area contributed by atoms with Gasteiger partial charge in [0, 0.05) is 16.3 Å². The summed E-state index contributed by atoms with van der Waals surface area (Å²) in [6, 6.07) is 21.2. The Morgan fingerprint density at radius 1 is 0.968 bits per heavy atom. The standard InChI is InChI=1S/C25H23ClN2O3/c1-3-31-21-14-12-20(13-15-21)27-25(30)23(16-19-6-4-5-7-22(19)26)28-24(29)18-10-8-17(2)9-11-18/h4-16H,3H2,1-2H3,(H,27,30)(H,28,29)/b23-16+. The van der Waals surface area contributed by atoms with Crippen molar-refractivity contribution in [1.29, 1.82) is 0 Å². The number of ether oxygens (including phenoxy) is 1. The summed E-state index contributed by atoms with van der Waals surface area (Å²) in [6.45, 7) is 4.40. The molecule has 31 heavy (non-hydrogen) atoms. The Balaban J connectivity index is 1.85. The van der Waals surface area contributed by atoms with Gasteiger partial charge in [0.15, 0.2) is 0 Å². The average Bonchev–Trinajstić information content (AvgIpc) is 2.76. The highest BCUT2D eigenvalue weighted by Crippen LogP contribution is 2.20. The zero-order chi connectivity index (χ0) is 22.2. The molecule has 0 saturated heterocycles. The van der Waals surface area contributed by atoms with Crippen molar-refractivity contribution in [1.82, 2.24) is 5.32 Å². The number of nitrogens with one attached hydrogen (secondary N) is 2. The van der Waals surface area contributed by atoms with E-state index in [1.165, 1.54) is 0 Å². The predicted octanol–water partition coefficient (Wildman–Crippen LogP) is 5.46. The quantitative estimate of drug-likeness (QED) is 0.485. The first-order valence-corrected chi connectivity index (χ1v) is 10.2. The number of hydrogen-bond acceptors (Lipinski definition) is 3. The molecule has 0 aliphatic rings. The molecule has 0 heterocycles. The Bertz CT molecular complexity index is 1090. The van der Waals surface area contributed by atoms with Gasteiger partial charge in [-0.15, -0.1) is 0 Å². The number of hydrogen-bond donors (Lipinski definition) is 2. The number of halogens is 1. The van der Waals surface area contributed by atoms with Crippen molar-refractivity contribution in [2.75, 3.05) is 11.9 Å². The van der Waals surface area contributed by atoms with Gasteiger partial charge in [0.25, 0.3) is 11.8 Å². The summed E-state index contributed by atoms with van der Waals surface area (Å²) < 4.78 is 5.42. The van der Waals surface area contributed by atoms with Gasteiger partial charge < -0.3 is 15.4 Å². The maximum Gasteiger partial charge on any atom is 0.272 e. The summed E-state index contributed by atoms with van der Waals surface area (Å²) in [5.41, 5.74) is 2.75. The Morgan fingerprint density at radius 2 is 1.65 bits per heavy atom. The van der Waals surface area contributed by atoms with E-state index < -0.39 is 5.91 Å². The van der Waals surface area contributed by atoms with Gasteiger partial charge in [-0.05, 0) is 68.0 Å². The van der Waals surface area contributed by atoms with Gasteiger partial charge in [-0.25, -0.2) is 0 Å². The fraction of sp³-hybridized carbons (Fsp3) is 0.120. The van der Waals surface area contributed by atoms with Gasteiger partial charge >= 0.3 is 0 Å². The van der Waals surface area contributed by atoms with Crippen molar-refractivity contribution in [3.63, 3.8) is 0 Å². The second-order valence-corrected chi connectivity index (χ2v) is 7.22. The summed E-state index contributed by atoms with van der Waals surface area (Å²) in [4.78, 5) is 25.7. The second-order valence-electron chi connectivity index (χ2n) is 6.81. The Kier molecular flexibility index (Phi) is 7.46. The van der Waals surface area contributed by atoms with Gasteiger partial charge in [0.05, 0.1) is 6.61 Å². The normalized spacial score (nSPS) is 11.0. The predicted molar refractivity (Wildman–Crippen MR) is 124 cm³/mol. The first-order valence-electron chi connectivity index (χ1n) is 9.84. The smallest absolute Gasteiger partial charge is 0.272 e. The van der Waals surface area contributed by atoms with Crippen LogP contribution in [-0.4, -0.2) is 18.4 Å². The van der Waals surface area contributed by atoms with Crippen molar-refractivity contribution in [3.8, 4) is 5.75 Å². The van der Waals surface area contributed by atoms with Crippen LogP contribution < -0.4 is 15.4 Å². The van der Waals surface area contributed by atoms with E-state index in [-0.39, 0.29) is 11.6 Å². The van der Waals surface area contributed by atoms with Crippen molar-refractivity contribution in [2.45, 2.75) is 13.8 Å². The lowest BCUT2D eigenvalue weighted by Gasteiger charge is -2.12. The van der Waals surface area contributed by atoms with E-state index in [2.05, 4.69) is 10.6 Å². The fourth-order valence-electron chi connectivity index (χ4n) is 2.81. The maximum absolute atomic E-state index is 13.0. The minimum absolute atomic E-state index is 0.0764. The minimum Gasteiger partial charge on any atom is -0.494 e. The number of benzene rings is 3. The molecule has 5 nitrogen and oxygen atoms in total. The first-order chi connectivity index (χ1) is 15.0. The van der Waals surface area contributed by atoms with Crippen LogP contribution in [0.25, 0.3) is 6.08 Å². The molecular formula is C25H23ClN2O3. The largest absolute Gasteiger partial charge is 0.494 e. The van der Waals surface area contributed by atoms with E-state index in [9.17, 15) is 9.59 Å². The van der Waals surface area contributed by atoms with E-state index in [1.807, 2.05) is 32.0 Å². The van der Waals surface area contributed by atoms with E-state index in [0.29, 0.717) is 34.2 Å². The minimum atomic E-state index is -0.468. The van der Waals surface area contributed by atoms with E-state index in [1.54, 1.807) is 60.7 Å². The van der Waals surface area contributed by atoms with Crippen LogP contribution in [0.2, 0.25) is 5.02 Å².